The molecule has 0 bridgehead atoms. The molecule has 2 N–H and O–H groups in total. The first-order valence-electron chi connectivity index (χ1n) is 6.31. The van der Waals surface area contributed by atoms with E-state index in [-0.39, 0.29) is 0 Å². The Labute approximate surface area is 98.4 Å². The number of piperidine rings is 1. The molecule has 1 fully saturated rings. The molecule has 0 spiro atoms. The molecular formula is C14H22N2. The molecule has 1 unspecified atom stereocenters. The van der Waals surface area contributed by atoms with E-state index < -0.39 is 0 Å². The quantitative estimate of drug-likeness (QED) is 0.845. The fourth-order valence-corrected chi connectivity index (χ4v) is 2.60. The molecule has 88 valence electrons. The Morgan fingerprint density at radius 1 is 1.44 bits per heavy atom. The second-order valence-corrected chi connectivity index (χ2v) is 4.87. The molecule has 1 saturated heterocycles. The van der Waals surface area contributed by atoms with Crippen LogP contribution in [0.5, 0.6) is 0 Å². The lowest BCUT2D eigenvalue weighted by atomic mass is 9.94. The second kappa shape index (κ2) is 5.35. The molecule has 1 aromatic carbocycles. The molecule has 0 amide bonds. The summed E-state index contributed by atoms with van der Waals surface area (Å²) in [5.74, 6) is 0.791. The summed E-state index contributed by atoms with van der Waals surface area (Å²) in [6.07, 6.45) is 3.82. The lowest BCUT2D eigenvalue weighted by Crippen LogP contribution is -2.36. The van der Waals surface area contributed by atoms with Crippen LogP contribution in [0, 0.1) is 12.8 Å². The predicted octanol–water partition coefficient (Wildman–Crippen LogP) is 2.56. The molecule has 0 radical (unpaired) electrons. The van der Waals surface area contributed by atoms with Crippen molar-refractivity contribution in [3.8, 4) is 0 Å². The van der Waals surface area contributed by atoms with Crippen LogP contribution in [0.3, 0.4) is 0 Å². The number of rotatable bonds is 3. The fourth-order valence-electron chi connectivity index (χ4n) is 2.60. The van der Waals surface area contributed by atoms with Crippen molar-refractivity contribution in [2.75, 3.05) is 24.5 Å². The Morgan fingerprint density at radius 3 is 3.06 bits per heavy atom. The number of benzene rings is 1. The lowest BCUT2D eigenvalue weighted by molar-refractivity contribution is 0.396. The van der Waals surface area contributed by atoms with Gasteiger partial charge < -0.3 is 10.6 Å². The summed E-state index contributed by atoms with van der Waals surface area (Å²) in [6, 6.07) is 8.81. The lowest BCUT2D eigenvalue weighted by Gasteiger charge is -2.34. The van der Waals surface area contributed by atoms with Crippen LogP contribution < -0.4 is 10.6 Å². The van der Waals surface area contributed by atoms with E-state index in [1.165, 1.54) is 43.6 Å². The molecule has 1 aliphatic rings. The van der Waals surface area contributed by atoms with Gasteiger partial charge in [0.15, 0.2) is 0 Å². The van der Waals surface area contributed by atoms with Crippen LogP contribution in [0.1, 0.15) is 24.8 Å². The SMILES string of the molecule is Cc1cccc(N2CCCC(CCN)C2)c1. The molecule has 0 saturated carbocycles. The monoisotopic (exact) mass is 218 g/mol. The highest BCUT2D eigenvalue weighted by atomic mass is 15.1. The van der Waals surface area contributed by atoms with Crippen LogP contribution in [0.25, 0.3) is 0 Å². The number of hydrogen-bond acceptors (Lipinski definition) is 2. The van der Waals surface area contributed by atoms with Gasteiger partial charge in [0.25, 0.3) is 0 Å². The molecule has 2 rings (SSSR count). The molecule has 1 heterocycles. The maximum atomic E-state index is 5.65. The highest BCUT2D eigenvalue weighted by Gasteiger charge is 2.19. The smallest absolute Gasteiger partial charge is 0.0368 e. The highest BCUT2D eigenvalue weighted by Crippen LogP contribution is 2.25. The van der Waals surface area contributed by atoms with E-state index in [2.05, 4.69) is 36.1 Å². The topological polar surface area (TPSA) is 29.3 Å². The van der Waals surface area contributed by atoms with Gasteiger partial charge in [-0.2, -0.15) is 0 Å². The summed E-state index contributed by atoms with van der Waals surface area (Å²) in [6.45, 7) is 5.36. The summed E-state index contributed by atoms with van der Waals surface area (Å²) in [4.78, 5) is 2.51. The van der Waals surface area contributed by atoms with Crippen LogP contribution in [-0.4, -0.2) is 19.6 Å². The van der Waals surface area contributed by atoms with Crippen molar-refractivity contribution in [2.45, 2.75) is 26.2 Å². The van der Waals surface area contributed by atoms with Crippen LogP contribution in [0.4, 0.5) is 5.69 Å². The first-order valence-corrected chi connectivity index (χ1v) is 6.31. The third kappa shape index (κ3) is 2.76. The zero-order valence-corrected chi connectivity index (χ0v) is 10.2. The fraction of sp³-hybridized carbons (Fsp3) is 0.571. The minimum atomic E-state index is 0.791. The summed E-state index contributed by atoms with van der Waals surface area (Å²) in [5, 5.41) is 0. The first-order chi connectivity index (χ1) is 7.79. The van der Waals surface area contributed by atoms with Gasteiger partial charge in [-0.1, -0.05) is 12.1 Å². The van der Waals surface area contributed by atoms with Gasteiger partial charge in [-0.15, -0.1) is 0 Å². The summed E-state index contributed by atoms with van der Waals surface area (Å²) >= 11 is 0. The maximum absolute atomic E-state index is 5.65. The summed E-state index contributed by atoms with van der Waals surface area (Å²) in [5.41, 5.74) is 8.37. The highest BCUT2D eigenvalue weighted by molar-refractivity contribution is 5.48. The number of nitrogens with two attached hydrogens (primary N) is 1. The minimum absolute atomic E-state index is 0.791. The van der Waals surface area contributed by atoms with Crippen molar-refractivity contribution in [1.82, 2.24) is 0 Å². The molecular weight excluding hydrogens is 196 g/mol. The average molecular weight is 218 g/mol. The van der Waals surface area contributed by atoms with Gasteiger partial charge in [0.1, 0.15) is 0 Å². The number of hydrogen-bond donors (Lipinski definition) is 1. The van der Waals surface area contributed by atoms with Gasteiger partial charge in [0.2, 0.25) is 0 Å². The summed E-state index contributed by atoms with van der Waals surface area (Å²) in [7, 11) is 0. The van der Waals surface area contributed by atoms with E-state index in [1.54, 1.807) is 0 Å². The normalized spacial score (nSPS) is 21.1. The number of aryl methyl sites for hydroxylation is 1. The zero-order chi connectivity index (χ0) is 11.4. The van der Waals surface area contributed by atoms with Crippen molar-refractivity contribution >= 4 is 5.69 Å². The van der Waals surface area contributed by atoms with Crippen LogP contribution >= 0.6 is 0 Å². The van der Waals surface area contributed by atoms with E-state index in [1.807, 2.05) is 0 Å². The van der Waals surface area contributed by atoms with E-state index >= 15 is 0 Å². The minimum Gasteiger partial charge on any atom is -0.371 e. The standard InChI is InChI=1S/C14H22N2/c1-12-4-2-6-14(10-12)16-9-3-5-13(11-16)7-8-15/h2,4,6,10,13H,3,5,7-9,11,15H2,1H3. The van der Waals surface area contributed by atoms with E-state index in [0.29, 0.717) is 0 Å². The van der Waals surface area contributed by atoms with Gasteiger partial charge >= 0.3 is 0 Å². The van der Waals surface area contributed by atoms with E-state index in [0.717, 1.165) is 12.5 Å². The van der Waals surface area contributed by atoms with Gasteiger partial charge in [0.05, 0.1) is 0 Å². The largest absolute Gasteiger partial charge is 0.371 e. The van der Waals surface area contributed by atoms with Crippen molar-refractivity contribution in [3.05, 3.63) is 29.8 Å². The van der Waals surface area contributed by atoms with Gasteiger partial charge in [-0.05, 0) is 56.3 Å². The molecule has 1 aliphatic heterocycles. The molecule has 2 heteroatoms. The van der Waals surface area contributed by atoms with Crippen molar-refractivity contribution in [3.63, 3.8) is 0 Å². The Kier molecular flexibility index (Phi) is 3.83. The second-order valence-electron chi connectivity index (χ2n) is 4.87. The van der Waals surface area contributed by atoms with Gasteiger partial charge in [-0.3, -0.25) is 0 Å². The Morgan fingerprint density at radius 2 is 2.31 bits per heavy atom. The van der Waals surface area contributed by atoms with Gasteiger partial charge in [0, 0.05) is 18.8 Å². The van der Waals surface area contributed by atoms with Crippen LogP contribution in [-0.2, 0) is 0 Å². The predicted molar refractivity (Wildman–Crippen MR) is 69.8 cm³/mol. The maximum Gasteiger partial charge on any atom is 0.0368 e. The van der Waals surface area contributed by atoms with Crippen LogP contribution in [0.15, 0.2) is 24.3 Å². The van der Waals surface area contributed by atoms with Crippen molar-refractivity contribution in [1.29, 1.82) is 0 Å². The van der Waals surface area contributed by atoms with E-state index in [9.17, 15) is 0 Å². The molecule has 0 aliphatic carbocycles. The third-order valence-corrected chi connectivity index (χ3v) is 3.46. The Bertz CT molecular complexity index is 333. The van der Waals surface area contributed by atoms with Crippen molar-refractivity contribution < 1.29 is 0 Å². The third-order valence-electron chi connectivity index (χ3n) is 3.46. The molecule has 2 nitrogen and oxygen atoms in total. The van der Waals surface area contributed by atoms with E-state index in [4.69, 9.17) is 5.73 Å². The van der Waals surface area contributed by atoms with Crippen molar-refractivity contribution in [2.24, 2.45) is 11.7 Å². The Hall–Kier alpha value is -1.02. The number of anilines is 1. The molecule has 0 aromatic heterocycles. The Balaban J connectivity index is 2.03. The number of nitrogens with zero attached hydrogens (tertiary/aromatic N) is 1. The van der Waals surface area contributed by atoms with Gasteiger partial charge in [-0.25, -0.2) is 0 Å². The zero-order valence-electron chi connectivity index (χ0n) is 10.2. The molecule has 16 heavy (non-hydrogen) atoms. The molecule has 1 atom stereocenters. The molecule has 1 aromatic rings. The summed E-state index contributed by atoms with van der Waals surface area (Å²) < 4.78 is 0. The first kappa shape index (κ1) is 11.5. The average Bonchev–Trinajstić information content (AvgIpc) is 2.30. The van der Waals surface area contributed by atoms with Crippen LogP contribution in [0.2, 0.25) is 0 Å².